The van der Waals surface area contributed by atoms with Gasteiger partial charge in [0.15, 0.2) is 17.5 Å². The van der Waals surface area contributed by atoms with Gasteiger partial charge in [0.25, 0.3) is 0 Å². The quantitative estimate of drug-likeness (QED) is 0.478. The van der Waals surface area contributed by atoms with Crippen LogP contribution in [0.5, 0.6) is 0 Å². The van der Waals surface area contributed by atoms with Crippen LogP contribution in [-0.2, 0) is 0 Å². The van der Waals surface area contributed by atoms with E-state index in [4.69, 9.17) is 0 Å². The lowest BCUT2D eigenvalue weighted by Gasteiger charge is -2.60. The van der Waals surface area contributed by atoms with Gasteiger partial charge in [0, 0.05) is 0 Å². The van der Waals surface area contributed by atoms with E-state index in [9.17, 15) is 13.2 Å². The Morgan fingerprint density at radius 2 is 1.50 bits per heavy atom. The highest BCUT2D eigenvalue weighted by atomic mass is 19.2. The zero-order valence-electron chi connectivity index (χ0n) is 15.9. The van der Waals surface area contributed by atoms with Crippen LogP contribution in [0.4, 0.5) is 13.2 Å². The molecule has 0 heterocycles. The minimum absolute atomic E-state index is 0.187. The molecule has 0 radical (unpaired) electrons. The van der Waals surface area contributed by atoms with Crippen molar-refractivity contribution >= 4 is 0 Å². The summed E-state index contributed by atoms with van der Waals surface area (Å²) < 4.78 is 40.1. The van der Waals surface area contributed by atoms with Gasteiger partial charge in [0.2, 0.25) is 0 Å². The maximum absolute atomic E-state index is 13.5. The Balaban J connectivity index is 1.24. The summed E-state index contributed by atoms with van der Waals surface area (Å²) in [5, 5.41) is 0. The molecule has 3 heteroatoms. The Labute approximate surface area is 155 Å². The van der Waals surface area contributed by atoms with E-state index in [0.717, 1.165) is 43.4 Å². The maximum Gasteiger partial charge on any atom is 0.194 e. The molecule has 0 nitrogen and oxygen atoms in total. The largest absolute Gasteiger partial charge is 0.204 e. The maximum atomic E-state index is 13.5. The molecule has 3 aliphatic carbocycles. The Morgan fingerprint density at radius 1 is 0.885 bits per heavy atom. The van der Waals surface area contributed by atoms with E-state index in [2.05, 4.69) is 6.92 Å². The molecule has 26 heavy (non-hydrogen) atoms. The molecule has 0 aliphatic heterocycles. The summed E-state index contributed by atoms with van der Waals surface area (Å²) in [5.41, 5.74) is 1.34. The molecule has 0 N–H and O–H groups in total. The van der Waals surface area contributed by atoms with Crippen LogP contribution < -0.4 is 0 Å². The number of unbranched alkanes of at least 4 members (excludes halogenated alkanes) is 1. The molecule has 0 unspecified atom stereocenters. The third kappa shape index (κ3) is 3.43. The Morgan fingerprint density at radius 3 is 2.08 bits per heavy atom. The van der Waals surface area contributed by atoms with E-state index < -0.39 is 17.5 Å². The molecule has 1 aromatic rings. The number of benzene rings is 1. The van der Waals surface area contributed by atoms with Gasteiger partial charge in [0.05, 0.1) is 0 Å². The minimum Gasteiger partial charge on any atom is -0.204 e. The Kier molecular flexibility index (Phi) is 5.09. The smallest absolute Gasteiger partial charge is 0.194 e. The molecular formula is C23H31F3. The van der Waals surface area contributed by atoms with Crippen LogP contribution >= 0.6 is 0 Å². The lowest BCUT2D eigenvalue weighted by Crippen LogP contribution is -2.49. The van der Waals surface area contributed by atoms with Crippen LogP contribution in [0.3, 0.4) is 0 Å². The van der Waals surface area contributed by atoms with E-state index in [1.165, 1.54) is 57.1 Å². The monoisotopic (exact) mass is 364 g/mol. The summed E-state index contributed by atoms with van der Waals surface area (Å²) in [7, 11) is 0. The fraction of sp³-hybridized carbons (Fsp3) is 0.739. The van der Waals surface area contributed by atoms with Gasteiger partial charge in [0.1, 0.15) is 0 Å². The molecule has 4 rings (SSSR count). The molecule has 144 valence electrons. The number of halogens is 3. The summed E-state index contributed by atoms with van der Waals surface area (Å²) in [6, 6.07) is 2.40. The molecule has 0 atom stereocenters. The van der Waals surface area contributed by atoms with Crippen molar-refractivity contribution in [1.82, 2.24) is 0 Å². The first-order valence-corrected chi connectivity index (χ1v) is 10.6. The van der Waals surface area contributed by atoms with Crippen LogP contribution in [0.25, 0.3) is 0 Å². The molecule has 3 aliphatic rings. The fourth-order valence-electron chi connectivity index (χ4n) is 6.32. The first-order valence-electron chi connectivity index (χ1n) is 10.6. The van der Waals surface area contributed by atoms with E-state index in [0.29, 0.717) is 11.0 Å². The summed E-state index contributed by atoms with van der Waals surface area (Å²) in [6.07, 6.45) is 14.2. The predicted octanol–water partition coefficient (Wildman–Crippen LogP) is 7.37. The third-order valence-corrected chi connectivity index (χ3v) is 7.72. The van der Waals surface area contributed by atoms with Crippen molar-refractivity contribution in [2.45, 2.75) is 83.5 Å². The molecule has 0 bridgehead atoms. The van der Waals surface area contributed by atoms with Crippen molar-refractivity contribution in [2.24, 2.45) is 23.2 Å². The first kappa shape index (κ1) is 18.4. The average Bonchev–Trinajstić information content (AvgIpc) is 2.57. The van der Waals surface area contributed by atoms with Gasteiger partial charge in [-0.25, -0.2) is 13.2 Å². The van der Waals surface area contributed by atoms with Crippen molar-refractivity contribution in [3.8, 4) is 0 Å². The van der Waals surface area contributed by atoms with Crippen LogP contribution in [0, 0.1) is 40.6 Å². The van der Waals surface area contributed by atoms with Crippen molar-refractivity contribution in [3.63, 3.8) is 0 Å². The number of hydrogen-bond acceptors (Lipinski definition) is 0. The second-order valence-corrected chi connectivity index (χ2v) is 9.50. The zero-order chi connectivity index (χ0) is 18.3. The van der Waals surface area contributed by atoms with Crippen molar-refractivity contribution in [2.75, 3.05) is 0 Å². The van der Waals surface area contributed by atoms with Gasteiger partial charge in [-0.1, -0.05) is 26.2 Å². The second kappa shape index (κ2) is 7.20. The molecule has 0 saturated heterocycles. The molecule has 0 aromatic heterocycles. The van der Waals surface area contributed by atoms with Crippen LogP contribution in [0.1, 0.15) is 89.0 Å². The molecular weight excluding hydrogens is 333 g/mol. The van der Waals surface area contributed by atoms with E-state index in [1.54, 1.807) is 0 Å². The van der Waals surface area contributed by atoms with Gasteiger partial charge in [-0.15, -0.1) is 0 Å². The molecule has 1 aromatic carbocycles. The highest BCUT2D eigenvalue weighted by Gasteiger charge is 2.53. The summed E-state index contributed by atoms with van der Waals surface area (Å²) >= 11 is 0. The summed E-state index contributed by atoms with van der Waals surface area (Å²) in [6.45, 7) is 2.28. The highest BCUT2D eigenvalue weighted by Crippen LogP contribution is 2.64. The van der Waals surface area contributed by atoms with E-state index in [1.807, 2.05) is 0 Å². The third-order valence-electron chi connectivity index (χ3n) is 7.72. The van der Waals surface area contributed by atoms with Crippen molar-refractivity contribution < 1.29 is 13.2 Å². The standard InChI is InChI=1S/C23H31F3/c1-2-3-4-15-11-23(12-15)13-19(14-23)17-7-5-16(6-8-17)18-9-20(24)22(26)21(25)10-18/h9-10,15-17,19H,2-8,11-14H2,1H3. The predicted molar refractivity (Wildman–Crippen MR) is 98.4 cm³/mol. The first-order chi connectivity index (χ1) is 12.5. The van der Waals surface area contributed by atoms with Gasteiger partial charge < -0.3 is 0 Å². The zero-order valence-corrected chi connectivity index (χ0v) is 15.9. The van der Waals surface area contributed by atoms with Crippen molar-refractivity contribution in [3.05, 3.63) is 35.1 Å². The van der Waals surface area contributed by atoms with Crippen LogP contribution in [0.2, 0.25) is 0 Å². The lowest BCUT2D eigenvalue weighted by molar-refractivity contribution is -0.0948. The highest BCUT2D eigenvalue weighted by molar-refractivity contribution is 5.23. The Bertz CT molecular complexity index is 608. The van der Waals surface area contributed by atoms with E-state index >= 15 is 0 Å². The summed E-state index contributed by atoms with van der Waals surface area (Å²) in [5.74, 6) is -0.593. The SMILES string of the molecule is CCCCC1CC2(C1)CC(C1CCC(c3cc(F)c(F)c(F)c3)CC1)C2. The number of hydrogen-bond donors (Lipinski definition) is 0. The van der Waals surface area contributed by atoms with Crippen molar-refractivity contribution in [1.29, 1.82) is 0 Å². The Hall–Kier alpha value is -0.990. The minimum atomic E-state index is -1.35. The number of rotatable bonds is 5. The van der Waals surface area contributed by atoms with Gasteiger partial charge in [-0.05, 0) is 98.1 Å². The van der Waals surface area contributed by atoms with E-state index in [-0.39, 0.29) is 5.92 Å². The molecule has 1 spiro atoms. The fourth-order valence-corrected chi connectivity index (χ4v) is 6.32. The van der Waals surface area contributed by atoms with Gasteiger partial charge in [-0.3, -0.25) is 0 Å². The molecule has 0 amide bonds. The lowest BCUT2D eigenvalue weighted by atomic mass is 9.45. The van der Waals surface area contributed by atoms with Crippen LogP contribution in [-0.4, -0.2) is 0 Å². The molecule has 3 saturated carbocycles. The topological polar surface area (TPSA) is 0 Å². The molecule has 3 fully saturated rings. The van der Waals surface area contributed by atoms with Gasteiger partial charge in [-0.2, -0.15) is 0 Å². The normalized spacial score (nSPS) is 36.6. The second-order valence-electron chi connectivity index (χ2n) is 9.50. The van der Waals surface area contributed by atoms with Crippen LogP contribution in [0.15, 0.2) is 12.1 Å². The average molecular weight is 364 g/mol. The summed E-state index contributed by atoms with van der Waals surface area (Å²) in [4.78, 5) is 0. The van der Waals surface area contributed by atoms with Gasteiger partial charge >= 0.3 is 0 Å².